The molecule has 0 saturated heterocycles. The summed E-state index contributed by atoms with van der Waals surface area (Å²) in [6.45, 7) is 5.46. The molecule has 0 aromatic rings. The van der Waals surface area contributed by atoms with Gasteiger partial charge in [-0.1, -0.05) is 32.1 Å². The summed E-state index contributed by atoms with van der Waals surface area (Å²) in [5, 5.41) is 13.7. The molecule has 2 N–H and O–H groups in total. The van der Waals surface area contributed by atoms with Gasteiger partial charge in [0.2, 0.25) is 0 Å². The lowest BCUT2D eigenvalue weighted by Gasteiger charge is -2.27. The van der Waals surface area contributed by atoms with Gasteiger partial charge in [0, 0.05) is 5.54 Å². The zero-order valence-corrected chi connectivity index (χ0v) is 13.8. The third-order valence-electron chi connectivity index (χ3n) is 3.63. The first-order valence-corrected chi connectivity index (χ1v) is 7.95. The van der Waals surface area contributed by atoms with Crippen molar-refractivity contribution < 1.29 is 14.3 Å². The van der Waals surface area contributed by atoms with Crippen LogP contribution in [-0.4, -0.2) is 30.2 Å². The van der Waals surface area contributed by atoms with Crippen LogP contribution in [0.25, 0.3) is 0 Å². The number of amides is 2. The standard InChI is InChI=1S/C16H27N3O3/c1-16(2,3)19-15(21)22-13(14(20)18-10-9-17)11-12-7-5-4-6-8-12/h12-13H,4-8,10-11H2,1-3H3,(H,18,20)(H,19,21)/t13-/m1/s1. The number of alkyl carbamates (subject to hydrolysis) is 1. The average molecular weight is 309 g/mol. The Morgan fingerprint density at radius 3 is 2.45 bits per heavy atom. The van der Waals surface area contributed by atoms with Gasteiger partial charge in [-0.05, 0) is 33.1 Å². The van der Waals surface area contributed by atoms with E-state index in [1.165, 1.54) is 6.42 Å². The lowest BCUT2D eigenvalue weighted by molar-refractivity contribution is -0.130. The Hall–Kier alpha value is -1.77. The molecule has 0 heterocycles. The minimum Gasteiger partial charge on any atom is -0.436 e. The number of nitrogens with zero attached hydrogens (tertiary/aromatic N) is 1. The van der Waals surface area contributed by atoms with Gasteiger partial charge in [-0.15, -0.1) is 0 Å². The summed E-state index contributed by atoms with van der Waals surface area (Å²) in [6.07, 6.45) is 4.76. The van der Waals surface area contributed by atoms with E-state index in [1.807, 2.05) is 26.8 Å². The Morgan fingerprint density at radius 2 is 1.91 bits per heavy atom. The van der Waals surface area contributed by atoms with E-state index in [-0.39, 0.29) is 6.54 Å². The van der Waals surface area contributed by atoms with Crippen molar-refractivity contribution in [3.05, 3.63) is 0 Å². The highest BCUT2D eigenvalue weighted by atomic mass is 16.6. The summed E-state index contributed by atoms with van der Waals surface area (Å²) in [6, 6.07) is 1.86. The zero-order valence-electron chi connectivity index (χ0n) is 13.8. The topological polar surface area (TPSA) is 91.2 Å². The van der Waals surface area contributed by atoms with Crippen molar-refractivity contribution in [3.8, 4) is 6.07 Å². The second-order valence-corrected chi connectivity index (χ2v) is 6.88. The molecule has 0 spiro atoms. The molecular weight excluding hydrogens is 282 g/mol. The summed E-state index contributed by atoms with van der Waals surface area (Å²) in [5.74, 6) is 0.00482. The third-order valence-corrected chi connectivity index (χ3v) is 3.63. The highest BCUT2D eigenvalue weighted by molar-refractivity contribution is 5.83. The number of carbonyl (C=O) groups is 2. The Bertz CT molecular complexity index is 417. The first-order valence-electron chi connectivity index (χ1n) is 7.95. The molecule has 0 aliphatic heterocycles. The summed E-state index contributed by atoms with van der Waals surface area (Å²) < 4.78 is 5.32. The lowest BCUT2D eigenvalue weighted by Crippen LogP contribution is -2.46. The van der Waals surface area contributed by atoms with E-state index in [2.05, 4.69) is 10.6 Å². The second-order valence-electron chi connectivity index (χ2n) is 6.88. The van der Waals surface area contributed by atoms with Gasteiger partial charge in [0.1, 0.15) is 6.54 Å². The number of nitriles is 1. The van der Waals surface area contributed by atoms with Gasteiger partial charge in [-0.25, -0.2) is 4.79 Å². The molecule has 124 valence electrons. The number of carbonyl (C=O) groups excluding carboxylic acids is 2. The fraction of sp³-hybridized carbons (Fsp3) is 0.812. The fourth-order valence-electron chi connectivity index (χ4n) is 2.64. The van der Waals surface area contributed by atoms with E-state index in [0.29, 0.717) is 12.3 Å². The van der Waals surface area contributed by atoms with E-state index in [0.717, 1.165) is 25.7 Å². The number of ether oxygens (including phenoxy) is 1. The molecule has 0 aromatic heterocycles. The molecule has 1 aliphatic rings. The first-order chi connectivity index (χ1) is 10.3. The average Bonchev–Trinajstić information content (AvgIpc) is 2.43. The molecule has 1 rings (SSSR count). The molecule has 0 radical (unpaired) electrons. The highest BCUT2D eigenvalue weighted by Crippen LogP contribution is 2.28. The van der Waals surface area contributed by atoms with Crippen LogP contribution >= 0.6 is 0 Å². The van der Waals surface area contributed by atoms with Crippen molar-refractivity contribution in [2.75, 3.05) is 6.54 Å². The van der Waals surface area contributed by atoms with E-state index in [1.54, 1.807) is 0 Å². The van der Waals surface area contributed by atoms with Crippen LogP contribution in [0.1, 0.15) is 59.3 Å². The molecular formula is C16H27N3O3. The van der Waals surface area contributed by atoms with Crippen LogP contribution in [0.5, 0.6) is 0 Å². The number of rotatable bonds is 5. The van der Waals surface area contributed by atoms with E-state index in [4.69, 9.17) is 10.00 Å². The second kappa shape index (κ2) is 8.62. The van der Waals surface area contributed by atoms with Gasteiger partial charge in [0.15, 0.2) is 6.10 Å². The molecule has 0 aromatic carbocycles. The van der Waals surface area contributed by atoms with Gasteiger partial charge >= 0.3 is 6.09 Å². The van der Waals surface area contributed by atoms with E-state index >= 15 is 0 Å². The summed E-state index contributed by atoms with van der Waals surface area (Å²) in [7, 11) is 0. The van der Waals surface area contributed by atoms with Crippen LogP contribution in [-0.2, 0) is 9.53 Å². The van der Waals surface area contributed by atoms with Gasteiger partial charge < -0.3 is 15.4 Å². The molecule has 1 saturated carbocycles. The minimum atomic E-state index is -0.834. The van der Waals surface area contributed by atoms with E-state index < -0.39 is 23.6 Å². The summed E-state index contributed by atoms with van der Waals surface area (Å²) in [5.41, 5.74) is -0.421. The molecule has 0 bridgehead atoms. The molecule has 1 fully saturated rings. The van der Waals surface area contributed by atoms with Gasteiger partial charge in [0.05, 0.1) is 6.07 Å². The van der Waals surface area contributed by atoms with Crippen LogP contribution in [0, 0.1) is 17.2 Å². The molecule has 2 amide bonds. The summed E-state index contributed by atoms with van der Waals surface area (Å²) in [4.78, 5) is 24.0. The van der Waals surface area contributed by atoms with E-state index in [9.17, 15) is 9.59 Å². The van der Waals surface area contributed by atoms with Crippen LogP contribution < -0.4 is 10.6 Å². The largest absolute Gasteiger partial charge is 0.436 e. The molecule has 0 unspecified atom stereocenters. The Morgan fingerprint density at radius 1 is 1.27 bits per heavy atom. The SMILES string of the molecule is CC(C)(C)NC(=O)O[C@H](CC1CCCCC1)C(=O)NCC#N. The minimum absolute atomic E-state index is 0.0791. The Kier molecular flexibility index (Phi) is 7.16. The molecule has 1 atom stereocenters. The fourth-order valence-corrected chi connectivity index (χ4v) is 2.64. The van der Waals surface area contributed by atoms with Crippen LogP contribution in [0.3, 0.4) is 0 Å². The number of hydrogen-bond acceptors (Lipinski definition) is 4. The van der Waals surface area contributed by atoms with Crippen molar-refractivity contribution in [2.24, 2.45) is 5.92 Å². The van der Waals surface area contributed by atoms with Gasteiger partial charge in [-0.3, -0.25) is 4.79 Å². The monoisotopic (exact) mass is 309 g/mol. The maximum absolute atomic E-state index is 12.1. The summed E-state index contributed by atoms with van der Waals surface area (Å²) >= 11 is 0. The maximum Gasteiger partial charge on any atom is 0.408 e. The predicted octanol–water partition coefficient (Wildman–Crippen LogP) is 2.49. The van der Waals surface area contributed by atoms with Crippen LogP contribution in [0.15, 0.2) is 0 Å². The molecule has 6 heteroatoms. The van der Waals surface area contributed by atoms with Crippen LogP contribution in [0.2, 0.25) is 0 Å². The van der Waals surface area contributed by atoms with Crippen molar-refractivity contribution in [1.82, 2.24) is 10.6 Å². The van der Waals surface area contributed by atoms with Gasteiger partial charge in [0.25, 0.3) is 5.91 Å². The van der Waals surface area contributed by atoms with Crippen molar-refractivity contribution in [1.29, 1.82) is 5.26 Å². The smallest absolute Gasteiger partial charge is 0.408 e. The lowest BCUT2D eigenvalue weighted by atomic mass is 9.85. The zero-order chi connectivity index (χ0) is 16.6. The van der Waals surface area contributed by atoms with Gasteiger partial charge in [-0.2, -0.15) is 5.26 Å². The predicted molar refractivity (Wildman–Crippen MR) is 83.0 cm³/mol. The van der Waals surface area contributed by atoms with Crippen molar-refractivity contribution in [2.45, 2.75) is 70.9 Å². The third kappa shape index (κ3) is 7.30. The molecule has 6 nitrogen and oxygen atoms in total. The number of hydrogen-bond donors (Lipinski definition) is 2. The Labute approximate surface area is 132 Å². The quantitative estimate of drug-likeness (QED) is 0.763. The van der Waals surface area contributed by atoms with Crippen LogP contribution in [0.4, 0.5) is 4.79 Å². The van der Waals surface area contributed by atoms with Crippen molar-refractivity contribution in [3.63, 3.8) is 0 Å². The number of nitrogens with one attached hydrogen (secondary N) is 2. The van der Waals surface area contributed by atoms with Crippen molar-refractivity contribution >= 4 is 12.0 Å². The Balaban J connectivity index is 2.62. The highest BCUT2D eigenvalue weighted by Gasteiger charge is 2.28. The normalized spacial score (nSPS) is 17.2. The molecule has 22 heavy (non-hydrogen) atoms. The molecule has 1 aliphatic carbocycles. The maximum atomic E-state index is 12.1. The first kappa shape index (κ1) is 18.3.